The quantitative estimate of drug-likeness (QED) is 0.650. The zero-order valence-corrected chi connectivity index (χ0v) is 9.76. The average molecular weight is 219 g/mol. The van der Waals surface area contributed by atoms with Gasteiger partial charge in [-0.2, -0.15) is 0 Å². The highest BCUT2D eigenvalue weighted by atomic mass is 35.5. The van der Waals surface area contributed by atoms with Gasteiger partial charge in [0.05, 0.1) is 0 Å². The molecule has 4 heteroatoms. The molecule has 0 N–H and O–H groups in total. The van der Waals surface area contributed by atoms with Crippen LogP contribution in [0.4, 0.5) is 0 Å². The number of carbonyl (C=O) groups is 1. The van der Waals surface area contributed by atoms with E-state index in [9.17, 15) is 4.79 Å². The van der Waals surface area contributed by atoms with Crippen molar-refractivity contribution in [1.29, 1.82) is 0 Å². The van der Waals surface area contributed by atoms with E-state index in [1.54, 1.807) is 0 Å². The summed E-state index contributed by atoms with van der Waals surface area (Å²) < 4.78 is 0. The molecule has 0 radical (unpaired) electrons. The van der Waals surface area contributed by atoms with Crippen LogP contribution < -0.4 is 0 Å². The first-order valence-corrected chi connectivity index (χ1v) is 5.72. The van der Waals surface area contributed by atoms with Gasteiger partial charge in [0.1, 0.15) is 0 Å². The molecule has 14 heavy (non-hydrogen) atoms. The first-order valence-electron chi connectivity index (χ1n) is 5.19. The Labute approximate surface area is 91.0 Å². The van der Waals surface area contributed by atoms with Gasteiger partial charge >= 0.3 is 0 Å². The predicted molar refractivity (Wildman–Crippen MR) is 58.6 cm³/mol. The Hall–Kier alpha value is -0.280. The van der Waals surface area contributed by atoms with Crippen molar-refractivity contribution < 1.29 is 4.79 Å². The van der Waals surface area contributed by atoms with Crippen molar-refractivity contribution in [3.63, 3.8) is 0 Å². The van der Waals surface area contributed by atoms with Crippen LogP contribution in [0.5, 0.6) is 0 Å². The van der Waals surface area contributed by atoms with Gasteiger partial charge in [-0.3, -0.25) is 4.79 Å². The molecule has 1 saturated heterocycles. The highest BCUT2D eigenvalue weighted by Gasteiger charge is 2.22. The molecule has 1 rings (SSSR count). The number of hydrogen-bond acceptors (Lipinski definition) is 2. The van der Waals surface area contributed by atoms with Gasteiger partial charge in [-0.05, 0) is 26.9 Å². The standard InChI is InChI=1S/C10H19ClN2O/c1-9-8-12(2)6-3-7-13(9)10(14)4-5-11/h9H,3-8H2,1-2H3. The molecule has 0 aliphatic carbocycles. The molecule has 3 nitrogen and oxygen atoms in total. The molecule has 0 aromatic rings. The van der Waals surface area contributed by atoms with E-state index in [0.29, 0.717) is 18.3 Å². The normalized spacial score (nSPS) is 24.8. The Bertz CT molecular complexity index is 199. The van der Waals surface area contributed by atoms with Gasteiger partial charge in [-0.25, -0.2) is 0 Å². The molecule has 1 fully saturated rings. The van der Waals surface area contributed by atoms with Crippen LogP contribution >= 0.6 is 11.6 Å². The van der Waals surface area contributed by atoms with Crippen LogP contribution in [0.15, 0.2) is 0 Å². The first kappa shape index (κ1) is 11.8. The number of carbonyl (C=O) groups excluding carboxylic acids is 1. The van der Waals surface area contributed by atoms with Crippen LogP contribution in [0.1, 0.15) is 19.8 Å². The molecule has 0 saturated carbocycles. The summed E-state index contributed by atoms with van der Waals surface area (Å²) in [5, 5.41) is 0. The minimum absolute atomic E-state index is 0.197. The smallest absolute Gasteiger partial charge is 0.224 e. The zero-order chi connectivity index (χ0) is 10.6. The Morgan fingerprint density at radius 3 is 2.86 bits per heavy atom. The van der Waals surface area contributed by atoms with Gasteiger partial charge < -0.3 is 9.80 Å². The maximum atomic E-state index is 11.7. The van der Waals surface area contributed by atoms with E-state index in [-0.39, 0.29) is 5.91 Å². The van der Waals surface area contributed by atoms with E-state index in [0.717, 1.165) is 26.1 Å². The van der Waals surface area contributed by atoms with Crippen LogP contribution in [0.25, 0.3) is 0 Å². The minimum atomic E-state index is 0.197. The third kappa shape index (κ3) is 3.14. The summed E-state index contributed by atoms with van der Waals surface area (Å²) in [6, 6.07) is 0.318. The molecular formula is C10H19ClN2O. The lowest BCUT2D eigenvalue weighted by Gasteiger charge is -2.27. The Kier molecular flexibility index (Phi) is 4.69. The summed E-state index contributed by atoms with van der Waals surface area (Å²) in [6.07, 6.45) is 1.53. The summed E-state index contributed by atoms with van der Waals surface area (Å²) >= 11 is 5.57. The Balaban J connectivity index is 2.53. The monoisotopic (exact) mass is 218 g/mol. The summed E-state index contributed by atoms with van der Waals surface area (Å²) in [5.74, 6) is 0.626. The highest BCUT2D eigenvalue weighted by Crippen LogP contribution is 2.10. The summed E-state index contributed by atoms with van der Waals surface area (Å²) in [7, 11) is 2.10. The second-order valence-electron chi connectivity index (χ2n) is 3.99. The lowest BCUT2D eigenvalue weighted by Crippen LogP contribution is -2.42. The predicted octanol–water partition coefficient (Wildman–Crippen LogP) is 1.17. The minimum Gasteiger partial charge on any atom is -0.339 e. The van der Waals surface area contributed by atoms with Gasteiger partial charge in [-0.15, -0.1) is 11.6 Å². The van der Waals surface area contributed by atoms with E-state index in [2.05, 4.69) is 18.9 Å². The van der Waals surface area contributed by atoms with Crippen molar-refractivity contribution >= 4 is 17.5 Å². The lowest BCUT2D eigenvalue weighted by atomic mass is 10.2. The summed E-state index contributed by atoms with van der Waals surface area (Å²) in [6.45, 7) is 5.03. The largest absolute Gasteiger partial charge is 0.339 e. The van der Waals surface area contributed by atoms with E-state index in [4.69, 9.17) is 11.6 Å². The zero-order valence-electron chi connectivity index (χ0n) is 9.00. The van der Waals surface area contributed by atoms with Crippen LogP contribution in [-0.4, -0.2) is 54.3 Å². The van der Waals surface area contributed by atoms with Crippen molar-refractivity contribution in [1.82, 2.24) is 9.80 Å². The molecule has 1 atom stereocenters. The molecule has 1 amide bonds. The first-order chi connectivity index (χ1) is 6.65. The van der Waals surface area contributed by atoms with Crippen LogP contribution in [0.2, 0.25) is 0 Å². The number of halogens is 1. The van der Waals surface area contributed by atoms with Crippen LogP contribution in [0.3, 0.4) is 0 Å². The molecule has 82 valence electrons. The van der Waals surface area contributed by atoms with Crippen molar-refractivity contribution in [2.75, 3.05) is 32.6 Å². The van der Waals surface area contributed by atoms with Crippen molar-refractivity contribution in [3.8, 4) is 0 Å². The number of likely N-dealkylation sites (N-methyl/N-ethyl adjacent to an activating group) is 1. The van der Waals surface area contributed by atoms with Gasteiger partial charge in [-0.1, -0.05) is 0 Å². The topological polar surface area (TPSA) is 23.6 Å². The molecule has 1 heterocycles. The van der Waals surface area contributed by atoms with E-state index in [1.807, 2.05) is 4.90 Å². The molecule has 1 unspecified atom stereocenters. The van der Waals surface area contributed by atoms with Gasteiger partial charge in [0.15, 0.2) is 0 Å². The van der Waals surface area contributed by atoms with Crippen LogP contribution in [0, 0.1) is 0 Å². The SMILES string of the molecule is CC1CN(C)CCCN1C(=O)CCCl. The lowest BCUT2D eigenvalue weighted by molar-refractivity contribution is -0.132. The van der Waals surface area contributed by atoms with Gasteiger partial charge in [0.25, 0.3) is 0 Å². The van der Waals surface area contributed by atoms with Crippen LogP contribution in [-0.2, 0) is 4.79 Å². The average Bonchev–Trinajstić information content (AvgIpc) is 2.27. The third-order valence-corrected chi connectivity index (χ3v) is 2.86. The summed E-state index contributed by atoms with van der Waals surface area (Å²) in [5.41, 5.74) is 0. The second-order valence-corrected chi connectivity index (χ2v) is 4.37. The maximum Gasteiger partial charge on any atom is 0.224 e. The second kappa shape index (κ2) is 5.56. The fraction of sp³-hybridized carbons (Fsp3) is 0.900. The van der Waals surface area contributed by atoms with E-state index < -0.39 is 0 Å². The van der Waals surface area contributed by atoms with Gasteiger partial charge in [0, 0.05) is 31.4 Å². The molecule has 0 aromatic heterocycles. The number of hydrogen-bond donors (Lipinski definition) is 0. The molecule has 0 spiro atoms. The Morgan fingerprint density at radius 2 is 2.21 bits per heavy atom. The molecule has 1 aliphatic heterocycles. The van der Waals surface area contributed by atoms with Crippen molar-refractivity contribution in [3.05, 3.63) is 0 Å². The molecular weight excluding hydrogens is 200 g/mol. The molecule has 0 bridgehead atoms. The number of amides is 1. The van der Waals surface area contributed by atoms with Crippen molar-refractivity contribution in [2.45, 2.75) is 25.8 Å². The number of alkyl halides is 1. The van der Waals surface area contributed by atoms with E-state index >= 15 is 0 Å². The number of nitrogens with zero attached hydrogens (tertiary/aromatic N) is 2. The van der Waals surface area contributed by atoms with E-state index in [1.165, 1.54) is 0 Å². The number of rotatable bonds is 2. The fourth-order valence-electron chi connectivity index (χ4n) is 1.97. The molecule has 1 aliphatic rings. The van der Waals surface area contributed by atoms with Gasteiger partial charge in [0.2, 0.25) is 5.91 Å². The Morgan fingerprint density at radius 1 is 1.50 bits per heavy atom. The maximum absolute atomic E-state index is 11.7. The highest BCUT2D eigenvalue weighted by molar-refractivity contribution is 6.18. The fourth-order valence-corrected chi connectivity index (χ4v) is 2.13. The molecule has 0 aromatic carbocycles. The summed E-state index contributed by atoms with van der Waals surface area (Å²) in [4.78, 5) is 15.9. The third-order valence-electron chi connectivity index (χ3n) is 2.68. The van der Waals surface area contributed by atoms with Crippen molar-refractivity contribution in [2.24, 2.45) is 0 Å².